The Bertz CT molecular complexity index is 577. The highest BCUT2D eigenvalue weighted by molar-refractivity contribution is 5.96. The molecule has 1 aromatic heterocycles. The molecule has 1 atom stereocenters. The summed E-state index contributed by atoms with van der Waals surface area (Å²) < 4.78 is 1.33. The van der Waals surface area contributed by atoms with E-state index in [1.54, 1.807) is 7.05 Å². The lowest BCUT2D eigenvalue weighted by Crippen LogP contribution is -2.41. The van der Waals surface area contributed by atoms with Crippen LogP contribution in [0.3, 0.4) is 0 Å². The van der Waals surface area contributed by atoms with E-state index < -0.39 is 4.92 Å². The van der Waals surface area contributed by atoms with E-state index >= 15 is 0 Å². The van der Waals surface area contributed by atoms with Crippen molar-refractivity contribution in [2.45, 2.75) is 51.0 Å². The maximum Gasteiger partial charge on any atom is 0.320 e. The van der Waals surface area contributed by atoms with Gasteiger partial charge in [-0.3, -0.25) is 19.6 Å². The summed E-state index contributed by atoms with van der Waals surface area (Å²) >= 11 is 0. The molecule has 7 nitrogen and oxygen atoms in total. The molecule has 1 saturated heterocycles. The molecular formula is C15H22N4O3. The van der Waals surface area contributed by atoms with Gasteiger partial charge in [-0.25, -0.2) is 0 Å². The highest BCUT2D eigenvalue weighted by Gasteiger charge is 2.39. The third kappa shape index (κ3) is 2.60. The fourth-order valence-corrected chi connectivity index (χ4v) is 4.00. The van der Waals surface area contributed by atoms with Gasteiger partial charge in [0.25, 0.3) is 5.91 Å². The summed E-state index contributed by atoms with van der Waals surface area (Å²) in [6.45, 7) is 0.697. The van der Waals surface area contributed by atoms with Crippen LogP contribution in [0.4, 0.5) is 5.69 Å². The summed E-state index contributed by atoms with van der Waals surface area (Å²) in [6.07, 6.45) is 9.25. The van der Waals surface area contributed by atoms with Gasteiger partial charge in [0.05, 0.1) is 4.92 Å². The Morgan fingerprint density at radius 2 is 2.00 bits per heavy atom. The third-order valence-electron chi connectivity index (χ3n) is 5.07. The second-order valence-electron chi connectivity index (χ2n) is 6.37. The van der Waals surface area contributed by atoms with E-state index in [1.807, 2.05) is 4.90 Å². The van der Waals surface area contributed by atoms with Crippen LogP contribution in [0, 0.1) is 16.0 Å². The van der Waals surface area contributed by atoms with Crippen molar-refractivity contribution in [3.05, 3.63) is 22.0 Å². The molecule has 7 heteroatoms. The van der Waals surface area contributed by atoms with Crippen molar-refractivity contribution in [2.75, 3.05) is 6.54 Å². The van der Waals surface area contributed by atoms with E-state index in [0.29, 0.717) is 12.5 Å². The topological polar surface area (TPSA) is 81.3 Å². The van der Waals surface area contributed by atoms with Gasteiger partial charge >= 0.3 is 5.69 Å². The van der Waals surface area contributed by atoms with E-state index in [9.17, 15) is 14.9 Å². The molecule has 3 rings (SSSR count). The Morgan fingerprint density at radius 1 is 1.27 bits per heavy atom. The Morgan fingerprint density at radius 3 is 2.68 bits per heavy atom. The van der Waals surface area contributed by atoms with Crippen molar-refractivity contribution < 1.29 is 9.72 Å². The van der Waals surface area contributed by atoms with Gasteiger partial charge < -0.3 is 4.90 Å². The number of carbonyl (C=O) groups excluding carboxylic acids is 1. The van der Waals surface area contributed by atoms with Crippen LogP contribution < -0.4 is 0 Å². The van der Waals surface area contributed by atoms with Crippen LogP contribution in [-0.2, 0) is 7.05 Å². The summed E-state index contributed by atoms with van der Waals surface area (Å²) in [6, 6.07) is 0.238. The van der Waals surface area contributed by atoms with Gasteiger partial charge in [0.2, 0.25) is 5.69 Å². The number of nitro groups is 1. The molecule has 1 aliphatic carbocycles. The number of aryl methyl sites for hydroxylation is 1. The minimum atomic E-state index is -0.522. The van der Waals surface area contributed by atoms with E-state index in [-0.39, 0.29) is 23.3 Å². The van der Waals surface area contributed by atoms with Gasteiger partial charge in [-0.05, 0) is 31.6 Å². The van der Waals surface area contributed by atoms with Gasteiger partial charge in [0.15, 0.2) is 0 Å². The lowest BCUT2D eigenvalue weighted by molar-refractivity contribution is -0.385. The number of hydrogen-bond acceptors (Lipinski definition) is 4. The minimum Gasteiger partial charge on any atom is -0.334 e. The molecule has 1 amide bonds. The molecule has 0 spiro atoms. The standard InChI is InChI=1S/C15H22N4O3/c1-17-14(13(10-16-17)19(21)22)15(20)18-9-5-8-12(18)11-6-3-2-4-7-11/h10-12H,2-9H2,1H3. The van der Waals surface area contributed by atoms with Crippen LogP contribution in [0.15, 0.2) is 6.20 Å². The average Bonchev–Trinajstić information content (AvgIpc) is 3.14. The highest BCUT2D eigenvalue weighted by atomic mass is 16.6. The zero-order chi connectivity index (χ0) is 15.7. The van der Waals surface area contributed by atoms with Crippen LogP contribution in [0.1, 0.15) is 55.4 Å². The van der Waals surface area contributed by atoms with E-state index in [2.05, 4.69) is 5.10 Å². The van der Waals surface area contributed by atoms with Gasteiger partial charge in [-0.15, -0.1) is 0 Å². The first-order chi connectivity index (χ1) is 10.6. The second-order valence-corrected chi connectivity index (χ2v) is 6.37. The van der Waals surface area contributed by atoms with E-state index in [1.165, 1.54) is 43.0 Å². The number of nitrogens with zero attached hydrogens (tertiary/aromatic N) is 4. The van der Waals surface area contributed by atoms with Crippen molar-refractivity contribution in [1.29, 1.82) is 0 Å². The molecule has 1 unspecified atom stereocenters. The minimum absolute atomic E-state index is 0.104. The van der Waals surface area contributed by atoms with Crippen molar-refractivity contribution in [1.82, 2.24) is 14.7 Å². The smallest absolute Gasteiger partial charge is 0.320 e. The predicted octanol–water partition coefficient (Wildman–Crippen LogP) is 2.51. The number of rotatable bonds is 3. The quantitative estimate of drug-likeness (QED) is 0.634. The van der Waals surface area contributed by atoms with Crippen LogP contribution in [0.2, 0.25) is 0 Å². The second kappa shape index (κ2) is 6.06. The highest BCUT2D eigenvalue weighted by Crippen LogP contribution is 2.35. The van der Waals surface area contributed by atoms with Gasteiger partial charge in [-0.1, -0.05) is 19.3 Å². The van der Waals surface area contributed by atoms with Crippen LogP contribution in [0.25, 0.3) is 0 Å². The molecule has 22 heavy (non-hydrogen) atoms. The Labute approximate surface area is 129 Å². The third-order valence-corrected chi connectivity index (χ3v) is 5.07. The summed E-state index contributed by atoms with van der Waals surface area (Å²) in [7, 11) is 1.59. The molecule has 0 bridgehead atoms. The van der Waals surface area contributed by atoms with Gasteiger partial charge in [0.1, 0.15) is 6.20 Å². The first kappa shape index (κ1) is 15.0. The van der Waals surface area contributed by atoms with Crippen LogP contribution in [-0.4, -0.2) is 38.1 Å². The Balaban J connectivity index is 1.84. The molecule has 1 aliphatic heterocycles. The Kier molecular flexibility index (Phi) is 4.13. The van der Waals surface area contributed by atoms with Crippen molar-refractivity contribution in [3.63, 3.8) is 0 Å². The van der Waals surface area contributed by atoms with Crippen molar-refractivity contribution >= 4 is 11.6 Å². The normalized spacial score (nSPS) is 23.0. The molecule has 0 N–H and O–H groups in total. The maximum atomic E-state index is 12.9. The number of hydrogen-bond donors (Lipinski definition) is 0. The molecule has 0 radical (unpaired) electrons. The summed E-state index contributed by atoms with van der Waals surface area (Å²) in [5.41, 5.74) is -0.0884. The fraction of sp³-hybridized carbons (Fsp3) is 0.733. The molecule has 0 aromatic carbocycles. The van der Waals surface area contributed by atoms with E-state index in [4.69, 9.17) is 0 Å². The van der Waals surface area contributed by atoms with Crippen molar-refractivity contribution in [3.8, 4) is 0 Å². The van der Waals surface area contributed by atoms with Gasteiger partial charge in [-0.2, -0.15) is 5.10 Å². The average molecular weight is 306 g/mol. The number of likely N-dealkylation sites (tertiary alicyclic amines) is 1. The molecule has 1 saturated carbocycles. The molecule has 2 fully saturated rings. The van der Waals surface area contributed by atoms with Crippen LogP contribution >= 0.6 is 0 Å². The largest absolute Gasteiger partial charge is 0.334 e. The molecular weight excluding hydrogens is 284 g/mol. The lowest BCUT2D eigenvalue weighted by atomic mass is 9.83. The molecule has 120 valence electrons. The first-order valence-electron chi connectivity index (χ1n) is 8.07. The maximum absolute atomic E-state index is 12.9. The summed E-state index contributed by atoms with van der Waals surface area (Å²) in [5.74, 6) is 0.312. The monoisotopic (exact) mass is 306 g/mol. The number of amides is 1. The first-order valence-corrected chi connectivity index (χ1v) is 8.07. The SMILES string of the molecule is Cn1ncc([N+](=O)[O-])c1C(=O)N1CCCC1C1CCCCC1. The fourth-order valence-electron chi connectivity index (χ4n) is 4.00. The zero-order valence-corrected chi connectivity index (χ0v) is 12.9. The van der Waals surface area contributed by atoms with E-state index in [0.717, 1.165) is 12.8 Å². The predicted molar refractivity (Wildman–Crippen MR) is 80.5 cm³/mol. The number of carbonyl (C=O) groups is 1. The van der Waals surface area contributed by atoms with Crippen LogP contribution in [0.5, 0.6) is 0 Å². The Hall–Kier alpha value is -1.92. The lowest BCUT2D eigenvalue weighted by Gasteiger charge is -2.33. The summed E-state index contributed by atoms with van der Waals surface area (Å²) in [5, 5.41) is 15.0. The number of aromatic nitrogens is 2. The molecule has 2 heterocycles. The summed E-state index contributed by atoms with van der Waals surface area (Å²) in [4.78, 5) is 25.3. The molecule has 2 aliphatic rings. The molecule has 1 aromatic rings. The zero-order valence-electron chi connectivity index (χ0n) is 12.9. The van der Waals surface area contributed by atoms with Crippen molar-refractivity contribution in [2.24, 2.45) is 13.0 Å². The van der Waals surface area contributed by atoms with Gasteiger partial charge in [0, 0.05) is 19.6 Å².